The predicted molar refractivity (Wildman–Crippen MR) is 68.3 cm³/mol. The van der Waals surface area contributed by atoms with E-state index in [1.54, 1.807) is 7.11 Å². The highest BCUT2D eigenvalue weighted by molar-refractivity contribution is 5.77. The lowest BCUT2D eigenvalue weighted by Crippen LogP contribution is -2.36. The first kappa shape index (κ1) is 15.4. The number of rotatable bonds is 7. The summed E-state index contributed by atoms with van der Waals surface area (Å²) in [4.78, 5) is 12.8. The molecule has 0 saturated heterocycles. The van der Waals surface area contributed by atoms with E-state index in [1.807, 2.05) is 24.3 Å². The summed E-state index contributed by atoms with van der Waals surface area (Å²) in [7, 11) is 3.05. The summed E-state index contributed by atoms with van der Waals surface area (Å²) in [5, 5.41) is 2.67. The maximum atomic E-state index is 12.1. The van der Waals surface area contributed by atoms with Crippen molar-refractivity contribution in [3.63, 3.8) is 0 Å². The quantitative estimate of drug-likeness (QED) is 0.818. The van der Waals surface area contributed by atoms with E-state index in [-0.39, 0.29) is 12.5 Å². The third-order valence-electron chi connectivity index (χ3n) is 2.49. The Morgan fingerprint density at radius 1 is 1.47 bits per heavy atom. The van der Waals surface area contributed by atoms with Crippen LogP contribution in [-0.4, -0.2) is 44.5 Å². The van der Waals surface area contributed by atoms with Gasteiger partial charge in [0.15, 0.2) is 0 Å². The van der Waals surface area contributed by atoms with Gasteiger partial charge in [-0.1, -0.05) is 12.1 Å². The minimum absolute atomic E-state index is 0.0473. The Labute approximate surface area is 111 Å². The zero-order valence-corrected chi connectivity index (χ0v) is 11.0. The molecular formula is C13H18F2N2O2. The second kappa shape index (κ2) is 7.68. The molecule has 0 aliphatic carbocycles. The molecule has 19 heavy (non-hydrogen) atoms. The summed E-state index contributed by atoms with van der Waals surface area (Å²) >= 11 is 0. The third kappa shape index (κ3) is 6.15. The van der Waals surface area contributed by atoms with E-state index in [9.17, 15) is 13.6 Å². The maximum Gasteiger partial charge on any atom is 0.251 e. The first-order chi connectivity index (χ1) is 9.01. The molecule has 0 spiro atoms. The molecule has 1 rings (SSSR count). The molecule has 1 aromatic rings. The van der Waals surface area contributed by atoms with Crippen molar-refractivity contribution in [2.45, 2.75) is 13.0 Å². The Kier molecular flexibility index (Phi) is 6.21. The Bertz CT molecular complexity index is 413. The van der Waals surface area contributed by atoms with Crippen molar-refractivity contribution >= 4 is 5.91 Å². The largest absolute Gasteiger partial charge is 0.497 e. The summed E-state index contributed by atoms with van der Waals surface area (Å²) in [6.45, 7) is -0.112. The number of hydrogen-bond acceptors (Lipinski definition) is 3. The fraction of sp³-hybridized carbons (Fsp3) is 0.462. The van der Waals surface area contributed by atoms with Crippen molar-refractivity contribution in [1.82, 2.24) is 10.2 Å². The first-order valence-electron chi connectivity index (χ1n) is 5.87. The number of nitrogens with zero attached hydrogens (tertiary/aromatic N) is 1. The lowest BCUT2D eigenvalue weighted by Gasteiger charge is -2.15. The van der Waals surface area contributed by atoms with Gasteiger partial charge in [-0.25, -0.2) is 8.78 Å². The van der Waals surface area contributed by atoms with E-state index in [0.29, 0.717) is 12.3 Å². The fourth-order valence-electron chi connectivity index (χ4n) is 1.58. The van der Waals surface area contributed by atoms with Crippen molar-refractivity contribution in [3.8, 4) is 5.75 Å². The van der Waals surface area contributed by atoms with E-state index < -0.39 is 13.0 Å². The van der Waals surface area contributed by atoms with Crippen LogP contribution in [0.3, 0.4) is 0 Å². The molecule has 0 saturated carbocycles. The van der Waals surface area contributed by atoms with Crippen LogP contribution in [0.4, 0.5) is 8.78 Å². The average molecular weight is 272 g/mol. The van der Waals surface area contributed by atoms with Crippen molar-refractivity contribution < 1.29 is 18.3 Å². The van der Waals surface area contributed by atoms with Gasteiger partial charge in [0, 0.05) is 6.54 Å². The number of hydrogen-bond donors (Lipinski definition) is 1. The van der Waals surface area contributed by atoms with Gasteiger partial charge >= 0.3 is 0 Å². The van der Waals surface area contributed by atoms with Crippen LogP contribution in [-0.2, 0) is 11.3 Å². The van der Waals surface area contributed by atoms with Crippen LogP contribution < -0.4 is 10.1 Å². The van der Waals surface area contributed by atoms with E-state index in [2.05, 4.69) is 5.32 Å². The van der Waals surface area contributed by atoms with Gasteiger partial charge in [-0.05, 0) is 24.7 Å². The lowest BCUT2D eigenvalue weighted by molar-refractivity contribution is -0.122. The molecule has 0 bridgehead atoms. The van der Waals surface area contributed by atoms with Crippen LogP contribution in [0.15, 0.2) is 24.3 Å². The molecule has 0 heterocycles. The highest BCUT2D eigenvalue weighted by Gasteiger charge is 2.11. The Balaban J connectivity index is 2.37. The zero-order chi connectivity index (χ0) is 14.3. The van der Waals surface area contributed by atoms with Crippen LogP contribution in [0, 0.1) is 0 Å². The molecule has 4 nitrogen and oxygen atoms in total. The standard InChI is InChI=1S/C13H18F2N2O2/c1-17(8-12(14)15)9-13(18)16-7-10-4-3-5-11(6-10)19-2/h3-6,12H,7-9H2,1-2H3,(H,16,18). The van der Waals surface area contributed by atoms with Crippen molar-refractivity contribution in [3.05, 3.63) is 29.8 Å². The zero-order valence-electron chi connectivity index (χ0n) is 11.0. The number of ether oxygens (including phenoxy) is 1. The summed E-state index contributed by atoms with van der Waals surface area (Å²) in [5.41, 5.74) is 0.893. The monoisotopic (exact) mass is 272 g/mol. The van der Waals surface area contributed by atoms with Gasteiger partial charge in [0.2, 0.25) is 5.91 Å². The van der Waals surface area contributed by atoms with Crippen molar-refractivity contribution in [2.75, 3.05) is 27.2 Å². The molecule has 6 heteroatoms. The molecule has 0 aliphatic heterocycles. The Hall–Kier alpha value is -1.69. The van der Waals surface area contributed by atoms with Crippen LogP contribution in [0.5, 0.6) is 5.75 Å². The fourth-order valence-corrected chi connectivity index (χ4v) is 1.58. The van der Waals surface area contributed by atoms with Gasteiger partial charge in [-0.3, -0.25) is 9.69 Å². The van der Waals surface area contributed by atoms with Gasteiger partial charge < -0.3 is 10.1 Å². The second-order valence-electron chi connectivity index (χ2n) is 4.22. The van der Waals surface area contributed by atoms with Gasteiger partial charge in [0.05, 0.1) is 20.2 Å². The summed E-state index contributed by atoms with van der Waals surface area (Å²) in [5.74, 6) is 0.424. The minimum atomic E-state index is -2.43. The Morgan fingerprint density at radius 2 is 2.21 bits per heavy atom. The number of alkyl halides is 2. The smallest absolute Gasteiger partial charge is 0.251 e. The van der Waals surface area contributed by atoms with E-state index in [0.717, 1.165) is 5.56 Å². The predicted octanol–water partition coefficient (Wildman–Crippen LogP) is 1.51. The number of benzene rings is 1. The molecule has 0 unspecified atom stereocenters. The lowest BCUT2D eigenvalue weighted by atomic mass is 10.2. The van der Waals surface area contributed by atoms with Crippen molar-refractivity contribution in [1.29, 1.82) is 0 Å². The third-order valence-corrected chi connectivity index (χ3v) is 2.49. The number of likely N-dealkylation sites (N-methyl/N-ethyl adjacent to an activating group) is 1. The number of carbonyl (C=O) groups is 1. The number of amides is 1. The average Bonchev–Trinajstić information content (AvgIpc) is 2.35. The van der Waals surface area contributed by atoms with Crippen molar-refractivity contribution in [2.24, 2.45) is 0 Å². The van der Waals surface area contributed by atoms with E-state index >= 15 is 0 Å². The molecule has 1 amide bonds. The molecule has 106 valence electrons. The molecule has 0 radical (unpaired) electrons. The summed E-state index contributed by atoms with van der Waals surface area (Å²) in [6, 6.07) is 7.29. The van der Waals surface area contributed by atoms with Crippen LogP contribution in [0.25, 0.3) is 0 Å². The minimum Gasteiger partial charge on any atom is -0.497 e. The number of halogens is 2. The highest BCUT2D eigenvalue weighted by atomic mass is 19.3. The maximum absolute atomic E-state index is 12.1. The molecule has 0 fully saturated rings. The van der Waals surface area contributed by atoms with E-state index in [4.69, 9.17) is 4.74 Å². The normalized spacial score (nSPS) is 10.8. The number of carbonyl (C=O) groups excluding carboxylic acids is 1. The van der Waals surface area contributed by atoms with Gasteiger partial charge in [-0.2, -0.15) is 0 Å². The first-order valence-corrected chi connectivity index (χ1v) is 5.87. The molecule has 0 atom stereocenters. The summed E-state index contributed by atoms with van der Waals surface area (Å²) in [6.07, 6.45) is -2.43. The van der Waals surface area contributed by atoms with Gasteiger partial charge in [-0.15, -0.1) is 0 Å². The van der Waals surface area contributed by atoms with Crippen LogP contribution in [0.1, 0.15) is 5.56 Å². The van der Waals surface area contributed by atoms with Gasteiger partial charge in [0.1, 0.15) is 5.75 Å². The van der Waals surface area contributed by atoms with Crippen LogP contribution in [0.2, 0.25) is 0 Å². The number of nitrogens with one attached hydrogen (secondary N) is 1. The SMILES string of the molecule is COc1cccc(CNC(=O)CN(C)CC(F)F)c1. The molecule has 1 aromatic carbocycles. The Morgan fingerprint density at radius 3 is 2.84 bits per heavy atom. The molecule has 1 N–H and O–H groups in total. The second-order valence-corrected chi connectivity index (χ2v) is 4.22. The van der Waals surface area contributed by atoms with Gasteiger partial charge in [0.25, 0.3) is 6.43 Å². The highest BCUT2D eigenvalue weighted by Crippen LogP contribution is 2.12. The summed E-state index contributed by atoms with van der Waals surface area (Å²) < 4.78 is 29.2. The number of methoxy groups -OCH3 is 1. The topological polar surface area (TPSA) is 41.6 Å². The molecule has 0 aromatic heterocycles. The van der Waals surface area contributed by atoms with E-state index in [1.165, 1.54) is 11.9 Å². The van der Waals surface area contributed by atoms with Crippen LogP contribution >= 0.6 is 0 Å². The molecular weight excluding hydrogens is 254 g/mol. The molecule has 0 aliphatic rings.